The first-order valence-corrected chi connectivity index (χ1v) is 3.88. The second kappa shape index (κ2) is 11.3. The molecule has 0 bridgehead atoms. The van der Waals surface area contributed by atoms with Gasteiger partial charge >= 0.3 is 59.1 Å². The van der Waals surface area contributed by atoms with E-state index in [1.54, 1.807) is 0 Å². The van der Waals surface area contributed by atoms with E-state index in [0.29, 0.717) is 6.42 Å². The van der Waals surface area contributed by atoms with Crippen LogP contribution in [0.2, 0.25) is 0 Å². The minimum absolute atomic E-state index is 0. The summed E-state index contributed by atoms with van der Waals surface area (Å²) in [5.74, 6) is -2.69. The van der Waals surface area contributed by atoms with Crippen LogP contribution in [0.4, 0.5) is 0 Å². The Hall–Kier alpha value is 0.860. The van der Waals surface area contributed by atoms with Crippen molar-refractivity contribution in [3.8, 4) is 0 Å². The van der Waals surface area contributed by atoms with Crippen LogP contribution in [0.3, 0.4) is 0 Å². The quantitative estimate of drug-likeness (QED) is 0.438. The zero-order valence-corrected chi connectivity index (χ0v) is 13.1. The van der Waals surface area contributed by atoms with E-state index in [9.17, 15) is 19.8 Å². The molecule has 15 heavy (non-hydrogen) atoms. The number of carboxylic acids is 2. The van der Waals surface area contributed by atoms with Crippen LogP contribution in [0.25, 0.3) is 0 Å². The van der Waals surface area contributed by atoms with Crippen LogP contribution in [0, 0.1) is 0 Å². The van der Waals surface area contributed by atoms with E-state index in [2.05, 4.69) is 0 Å². The van der Waals surface area contributed by atoms with Crippen molar-refractivity contribution in [1.29, 1.82) is 0 Å². The Bertz CT molecular complexity index is 183. The average molecular weight is 234 g/mol. The molecule has 0 aromatic rings. The molecular weight excluding hydrogens is 222 g/mol. The number of hydrogen-bond donors (Lipinski definition) is 2. The molecule has 0 radical (unpaired) electrons. The van der Waals surface area contributed by atoms with E-state index in [1.807, 2.05) is 0 Å². The summed E-state index contributed by atoms with van der Waals surface area (Å²) in [6.07, 6.45) is 0.636. The number of carbonyl (C=O) groups excluding carboxylic acids is 2. The van der Waals surface area contributed by atoms with Gasteiger partial charge in [0.25, 0.3) is 0 Å². The van der Waals surface area contributed by atoms with E-state index >= 15 is 0 Å². The van der Waals surface area contributed by atoms with Gasteiger partial charge < -0.3 is 31.3 Å². The third-order valence-corrected chi connectivity index (χ3v) is 1.64. The number of rotatable bonds is 6. The first-order valence-electron chi connectivity index (χ1n) is 3.88. The fourth-order valence-corrected chi connectivity index (χ4v) is 0.793. The topological polar surface area (TPSA) is 132 Å². The molecule has 6 nitrogen and oxygen atoms in total. The Morgan fingerprint density at radius 2 is 1.20 bits per heavy atom. The third-order valence-electron chi connectivity index (χ3n) is 1.64. The van der Waals surface area contributed by atoms with Crippen LogP contribution in [0.5, 0.6) is 0 Å². The van der Waals surface area contributed by atoms with E-state index < -0.39 is 24.0 Å². The van der Waals surface area contributed by atoms with Crippen molar-refractivity contribution in [2.24, 2.45) is 11.5 Å². The van der Waals surface area contributed by atoms with Crippen molar-refractivity contribution in [1.82, 2.24) is 0 Å². The number of hydrogen-bond acceptors (Lipinski definition) is 6. The summed E-state index contributed by atoms with van der Waals surface area (Å²) < 4.78 is 0. The summed E-state index contributed by atoms with van der Waals surface area (Å²) in [6.45, 7) is 0. The van der Waals surface area contributed by atoms with Gasteiger partial charge in [0.2, 0.25) is 0 Å². The first kappa shape index (κ1) is 21.2. The maximum Gasteiger partial charge on any atom is 1.00 e. The van der Waals surface area contributed by atoms with Gasteiger partial charge in [-0.25, -0.2) is 0 Å². The molecule has 0 fully saturated rings. The SMILES string of the molecule is NC(CCCC(N)C(=O)[O-])C(=O)[O-].[Na+].[Na+]. The summed E-state index contributed by atoms with van der Waals surface area (Å²) in [5, 5.41) is 20.2. The van der Waals surface area contributed by atoms with Gasteiger partial charge in [0.05, 0.1) is 11.9 Å². The maximum absolute atomic E-state index is 10.1. The van der Waals surface area contributed by atoms with Gasteiger partial charge in [0.1, 0.15) is 0 Å². The molecule has 0 heterocycles. The predicted octanol–water partition coefficient (Wildman–Crippen LogP) is -9.68. The van der Waals surface area contributed by atoms with Gasteiger partial charge in [-0.2, -0.15) is 0 Å². The van der Waals surface area contributed by atoms with Gasteiger partial charge in [-0.3, -0.25) is 0 Å². The van der Waals surface area contributed by atoms with Crippen LogP contribution in [-0.4, -0.2) is 24.0 Å². The van der Waals surface area contributed by atoms with Crippen molar-refractivity contribution < 1.29 is 78.9 Å². The standard InChI is InChI=1S/C7H14N2O4.2Na/c8-4(6(10)11)2-1-3-5(9)7(12)13;;/h4-5H,1-3,8-9H2,(H,10,11)(H,12,13);;/q;2*+1/p-2. The van der Waals surface area contributed by atoms with Crippen molar-refractivity contribution in [2.45, 2.75) is 31.3 Å². The molecule has 0 aliphatic heterocycles. The second-order valence-corrected chi connectivity index (χ2v) is 2.78. The number of carboxylic acid groups (broad SMARTS) is 2. The van der Waals surface area contributed by atoms with Gasteiger partial charge in [0.15, 0.2) is 0 Å². The summed E-state index contributed by atoms with van der Waals surface area (Å²) in [7, 11) is 0. The Balaban J connectivity index is -0.000000720. The van der Waals surface area contributed by atoms with Crippen molar-refractivity contribution in [2.75, 3.05) is 0 Å². The van der Waals surface area contributed by atoms with Crippen molar-refractivity contribution in [3.05, 3.63) is 0 Å². The molecule has 0 aromatic heterocycles. The molecule has 76 valence electrons. The smallest absolute Gasteiger partial charge is 0.548 e. The van der Waals surface area contributed by atoms with Crippen molar-refractivity contribution >= 4 is 11.9 Å². The fraction of sp³-hybridized carbons (Fsp3) is 0.714. The Kier molecular flexibility index (Phi) is 16.0. The average Bonchev–Trinajstić information content (AvgIpc) is 2.03. The van der Waals surface area contributed by atoms with Gasteiger partial charge in [-0.15, -0.1) is 0 Å². The molecule has 0 spiro atoms. The molecule has 2 unspecified atom stereocenters. The summed E-state index contributed by atoms with van der Waals surface area (Å²) in [6, 6.07) is -2.12. The van der Waals surface area contributed by atoms with Crippen LogP contribution < -0.4 is 80.8 Å². The monoisotopic (exact) mass is 234 g/mol. The normalized spacial score (nSPS) is 12.9. The Morgan fingerprint density at radius 1 is 0.933 bits per heavy atom. The molecule has 0 saturated carbocycles. The summed E-state index contributed by atoms with van der Waals surface area (Å²) in [5.41, 5.74) is 10.2. The Morgan fingerprint density at radius 3 is 1.40 bits per heavy atom. The van der Waals surface area contributed by atoms with Gasteiger partial charge in [-0.1, -0.05) is 0 Å². The fourth-order valence-electron chi connectivity index (χ4n) is 0.793. The first-order chi connectivity index (χ1) is 5.95. The van der Waals surface area contributed by atoms with E-state index in [1.165, 1.54) is 0 Å². The largest absolute Gasteiger partial charge is 1.00 e. The zero-order chi connectivity index (χ0) is 10.4. The summed E-state index contributed by atoms with van der Waals surface area (Å²) in [4.78, 5) is 20.2. The number of carbonyl (C=O) groups is 2. The second-order valence-electron chi connectivity index (χ2n) is 2.78. The van der Waals surface area contributed by atoms with Crippen LogP contribution in [0.1, 0.15) is 19.3 Å². The molecule has 2 atom stereocenters. The maximum atomic E-state index is 10.1. The molecule has 0 aliphatic rings. The molecule has 0 aromatic carbocycles. The molecule has 0 saturated heterocycles. The minimum atomic E-state index is -1.35. The van der Waals surface area contributed by atoms with Crippen molar-refractivity contribution in [3.63, 3.8) is 0 Å². The molecule has 0 rings (SSSR count). The van der Waals surface area contributed by atoms with E-state index in [-0.39, 0.29) is 72.0 Å². The predicted molar refractivity (Wildman–Crippen MR) is 39.8 cm³/mol. The molecule has 4 N–H and O–H groups in total. The molecular formula is C7H12N2Na2O4. The van der Waals surface area contributed by atoms with E-state index in [0.717, 1.165) is 0 Å². The molecule has 8 heteroatoms. The Labute approximate surface area is 132 Å². The molecule has 0 amide bonds. The van der Waals surface area contributed by atoms with Crippen LogP contribution in [-0.2, 0) is 9.59 Å². The van der Waals surface area contributed by atoms with Crippen LogP contribution >= 0.6 is 0 Å². The van der Waals surface area contributed by atoms with Gasteiger partial charge in [0, 0.05) is 12.1 Å². The minimum Gasteiger partial charge on any atom is -0.548 e. The van der Waals surface area contributed by atoms with E-state index in [4.69, 9.17) is 11.5 Å². The zero-order valence-electron chi connectivity index (χ0n) is 9.06. The van der Waals surface area contributed by atoms with Gasteiger partial charge in [-0.05, 0) is 19.3 Å². The molecule has 0 aliphatic carbocycles. The number of nitrogens with two attached hydrogens (primary N) is 2. The summed E-state index contributed by atoms with van der Waals surface area (Å²) >= 11 is 0. The number of aliphatic carboxylic acids is 2. The van der Waals surface area contributed by atoms with Crippen LogP contribution in [0.15, 0.2) is 0 Å². The third kappa shape index (κ3) is 11.1.